The first kappa shape index (κ1) is 12.3. The Balaban J connectivity index is 1.99. The largest absolute Gasteiger partial charge is 0.375 e. The van der Waals surface area contributed by atoms with Crippen molar-refractivity contribution in [1.29, 1.82) is 0 Å². The molecule has 17 heavy (non-hydrogen) atoms. The highest BCUT2D eigenvalue weighted by Gasteiger charge is 2.02. The predicted octanol–water partition coefficient (Wildman–Crippen LogP) is 3.01. The zero-order valence-electron chi connectivity index (χ0n) is 10.4. The molecule has 0 saturated heterocycles. The minimum atomic E-state index is 0.643. The van der Waals surface area contributed by atoms with Gasteiger partial charge in [-0.15, -0.1) is 0 Å². The molecule has 0 aliphatic carbocycles. The SMILES string of the molecule is CCC(C)CNCc1ccc2nc(N)sc2c1. The van der Waals surface area contributed by atoms with Gasteiger partial charge in [-0.1, -0.05) is 37.7 Å². The molecular formula is C13H19N3S. The Kier molecular flexibility index (Phi) is 3.97. The average molecular weight is 249 g/mol. The monoisotopic (exact) mass is 249 g/mol. The van der Waals surface area contributed by atoms with Gasteiger partial charge in [0.25, 0.3) is 0 Å². The molecule has 1 aromatic carbocycles. The van der Waals surface area contributed by atoms with E-state index in [9.17, 15) is 0 Å². The van der Waals surface area contributed by atoms with Crippen LogP contribution in [0.1, 0.15) is 25.8 Å². The maximum absolute atomic E-state index is 5.69. The molecular weight excluding hydrogens is 230 g/mol. The number of nitrogen functional groups attached to an aromatic ring is 1. The molecule has 3 N–H and O–H groups in total. The van der Waals surface area contributed by atoms with E-state index in [1.807, 2.05) is 6.07 Å². The van der Waals surface area contributed by atoms with Crippen LogP contribution in [0.2, 0.25) is 0 Å². The van der Waals surface area contributed by atoms with E-state index in [1.165, 1.54) is 16.7 Å². The summed E-state index contributed by atoms with van der Waals surface area (Å²) in [6.45, 7) is 6.47. The molecule has 1 aromatic heterocycles. The number of anilines is 1. The second-order valence-corrected chi connectivity index (χ2v) is 5.56. The molecule has 1 heterocycles. The summed E-state index contributed by atoms with van der Waals surface area (Å²) in [7, 11) is 0. The van der Waals surface area contributed by atoms with Crippen molar-refractivity contribution >= 4 is 26.7 Å². The summed E-state index contributed by atoms with van der Waals surface area (Å²) >= 11 is 1.55. The van der Waals surface area contributed by atoms with E-state index >= 15 is 0 Å². The van der Waals surface area contributed by atoms with Crippen LogP contribution in [-0.2, 0) is 6.54 Å². The number of nitrogens with zero attached hydrogens (tertiary/aromatic N) is 1. The van der Waals surface area contributed by atoms with Crippen molar-refractivity contribution in [3.05, 3.63) is 23.8 Å². The molecule has 0 radical (unpaired) electrons. The molecule has 0 saturated carbocycles. The zero-order chi connectivity index (χ0) is 12.3. The first-order chi connectivity index (χ1) is 8.19. The summed E-state index contributed by atoms with van der Waals surface area (Å²) in [4.78, 5) is 4.25. The fourth-order valence-corrected chi connectivity index (χ4v) is 2.50. The van der Waals surface area contributed by atoms with Crippen molar-refractivity contribution in [3.8, 4) is 0 Å². The molecule has 3 nitrogen and oxygen atoms in total. The molecule has 1 unspecified atom stereocenters. The Bertz CT molecular complexity index is 492. The number of nitrogens with one attached hydrogen (secondary N) is 1. The van der Waals surface area contributed by atoms with E-state index in [1.54, 1.807) is 11.3 Å². The van der Waals surface area contributed by atoms with Crippen LogP contribution in [0.5, 0.6) is 0 Å². The van der Waals surface area contributed by atoms with Gasteiger partial charge < -0.3 is 11.1 Å². The molecule has 2 aromatic rings. The standard InChI is InChI=1S/C13H19N3S/c1-3-9(2)7-15-8-10-4-5-11-12(6-10)17-13(14)16-11/h4-6,9,15H,3,7-8H2,1-2H3,(H2,14,16). The van der Waals surface area contributed by atoms with E-state index in [4.69, 9.17) is 5.73 Å². The molecule has 1 atom stereocenters. The van der Waals surface area contributed by atoms with E-state index in [2.05, 4.69) is 36.3 Å². The Morgan fingerprint density at radius 2 is 2.29 bits per heavy atom. The van der Waals surface area contributed by atoms with Gasteiger partial charge in [0, 0.05) is 6.54 Å². The van der Waals surface area contributed by atoms with Crippen LogP contribution < -0.4 is 11.1 Å². The summed E-state index contributed by atoms with van der Waals surface area (Å²) in [5.41, 5.74) is 7.98. The number of aromatic nitrogens is 1. The Morgan fingerprint density at radius 1 is 1.47 bits per heavy atom. The summed E-state index contributed by atoms with van der Waals surface area (Å²) in [5.74, 6) is 0.734. The van der Waals surface area contributed by atoms with Gasteiger partial charge in [-0.25, -0.2) is 4.98 Å². The van der Waals surface area contributed by atoms with Crippen LogP contribution in [0.15, 0.2) is 18.2 Å². The van der Waals surface area contributed by atoms with Crippen LogP contribution in [0, 0.1) is 5.92 Å². The summed E-state index contributed by atoms with van der Waals surface area (Å²) in [6.07, 6.45) is 1.22. The van der Waals surface area contributed by atoms with Gasteiger partial charge in [0.05, 0.1) is 10.2 Å². The molecule has 0 spiro atoms. The molecule has 2 rings (SSSR count). The number of nitrogens with two attached hydrogens (primary N) is 1. The smallest absolute Gasteiger partial charge is 0.181 e. The van der Waals surface area contributed by atoms with Crippen molar-refractivity contribution in [3.63, 3.8) is 0 Å². The fraction of sp³-hybridized carbons (Fsp3) is 0.462. The molecule has 0 aliphatic heterocycles. The second kappa shape index (κ2) is 5.47. The number of benzene rings is 1. The number of hydrogen-bond donors (Lipinski definition) is 2. The number of hydrogen-bond acceptors (Lipinski definition) is 4. The quantitative estimate of drug-likeness (QED) is 0.856. The lowest BCUT2D eigenvalue weighted by molar-refractivity contribution is 0.500. The van der Waals surface area contributed by atoms with Gasteiger partial charge in [0.2, 0.25) is 0 Å². The third-order valence-electron chi connectivity index (χ3n) is 2.99. The molecule has 0 aliphatic rings. The molecule has 92 valence electrons. The number of fused-ring (bicyclic) bond motifs is 1. The molecule has 4 heteroatoms. The molecule has 0 fully saturated rings. The lowest BCUT2D eigenvalue weighted by Crippen LogP contribution is -2.20. The number of rotatable bonds is 5. The zero-order valence-corrected chi connectivity index (χ0v) is 11.2. The maximum Gasteiger partial charge on any atom is 0.181 e. The second-order valence-electron chi connectivity index (χ2n) is 4.50. The highest BCUT2D eigenvalue weighted by molar-refractivity contribution is 7.22. The number of thiazole rings is 1. The van der Waals surface area contributed by atoms with Crippen molar-refractivity contribution in [1.82, 2.24) is 10.3 Å². The van der Waals surface area contributed by atoms with E-state index in [0.29, 0.717) is 5.13 Å². The Labute approximate surface area is 106 Å². The summed E-state index contributed by atoms with van der Waals surface area (Å²) in [5, 5.41) is 4.12. The van der Waals surface area contributed by atoms with Crippen LogP contribution >= 0.6 is 11.3 Å². The predicted molar refractivity (Wildman–Crippen MR) is 75.2 cm³/mol. The Morgan fingerprint density at radius 3 is 3.06 bits per heavy atom. The fourth-order valence-electron chi connectivity index (χ4n) is 1.70. The van der Waals surface area contributed by atoms with Gasteiger partial charge in [0.15, 0.2) is 5.13 Å². The van der Waals surface area contributed by atoms with Gasteiger partial charge in [0.1, 0.15) is 0 Å². The van der Waals surface area contributed by atoms with Crippen molar-refractivity contribution in [2.75, 3.05) is 12.3 Å². The summed E-state index contributed by atoms with van der Waals surface area (Å²) < 4.78 is 1.17. The van der Waals surface area contributed by atoms with Gasteiger partial charge in [-0.05, 0) is 30.2 Å². The highest BCUT2D eigenvalue weighted by Crippen LogP contribution is 2.24. The lowest BCUT2D eigenvalue weighted by atomic mass is 10.1. The van der Waals surface area contributed by atoms with Gasteiger partial charge in [-0.2, -0.15) is 0 Å². The summed E-state index contributed by atoms with van der Waals surface area (Å²) in [6, 6.07) is 6.33. The minimum absolute atomic E-state index is 0.643. The first-order valence-corrected chi connectivity index (χ1v) is 6.86. The van der Waals surface area contributed by atoms with E-state index in [0.717, 1.165) is 24.5 Å². The van der Waals surface area contributed by atoms with Crippen LogP contribution in [0.4, 0.5) is 5.13 Å². The van der Waals surface area contributed by atoms with Crippen molar-refractivity contribution in [2.24, 2.45) is 5.92 Å². The lowest BCUT2D eigenvalue weighted by Gasteiger charge is -2.09. The topological polar surface area (TPSA) is 50.9 Å². The van der Waals surface area contributed by atoms with Crippen LogP contribution in [-0.4, -0.2) is 11.5 Å². The maximum atomic E-state index is 5.69. The third kappa shape index (κ3) is 3.17. The Hall–Kier alpha value is -1.13. The molecule has 0 bridgehead atoms. The van der Waals surface area contributed by atoms with Gasteiger partial charge >= 0.3 is 0 Å². The van der Waals surface area contributed by atoms with Crippen molar-refractivity contribution < 1.29 is 0 Å². The van der Waals surface area contributed by atoms with E-state index in [-0.39, 0.29) is 0 Å². The van der Waals surface area contributed by atoms with Crippen molar-refractivity contribution in [2.45, 2.75) is 26.8 Å². The van der Waals surface area contributed by atoms with E-state index < -0.39 is 0 Å². The first-order valence-electron chi connectivity index (χ1n) is 6.04. The minimum Gasteiger partial charge on any atom is -0.375 e. The van der Waals surface area contributed by atoms with Crippen LogP contribution in [0.25, 0.3) is 10.2 Å². The third-order valence-corrected chi connectivity index (χ3v) is 3.84. The van der Waals surface area contributed by atoms with Crippen LogP contribution in [0.3, 0.4) is 0 Å². The normalized spacial score (nSPS) is 13.1. The highest BCUT2D eigenvalue weighted by atomic mass is 32.1. The molecule has 0 amide bonds. The average Bonchev–Trinajstić information content (AvgIpc) is 2.68. The van der Waals surface area contributed by atoms with Gasteiger partial charge in [-0.3, -0.25) is 0 Å².